The van der Waals surface area contributed by atoms with Crippen molar-refractivity contribution < 1.29 is 22.8 Å². The summed E-state index contributed by atoms with van der Waals surface area (Å²) in [6.45, 7) is 0. The summed E-state index contributed by atoms with van der Waals surface area (Å²) in [4.78, 5) is 27.6. The lowest BCUT2D eigenvalue weighted by atomic mass is 10.1. The van der Waals surface area contributed by atoms with Gasteiger partial charge in [-0.2, -0.15) is 23.3 Å². The predicted octanol–water partition coefficient (Wildman–Crippen LogP) is 1.82. The first-order valence-corrected chi connectivity index (χ1v) is 6.52. The highest BCUT2D eigenvalue weighted by Gasteiger charge is 2.33. The second kappa shape index (κ2) is 5.38. The third-order valence-electron chi connectivity index (χ3n) is 3.26. The quantitative estimate of drug-likeness (QED) is 0.881. The molecule has 23 heavy (non-hydrogen) atoms. The zero-order valence-electron chi connectivity index (χ0n) is 11.5. The smallest absolute Gasteiger partial charge is 0.324 e. The number of hydrogen-bond acceptors (Lipinski definition) is 4. The molecule has 1 aliphatic rings. The van der Waals surface area contributed by atoms with E-state index in [1.165, 1.54) is 23.1 Å². The van der Waals surface area contributed by atoms with Gasteiger partial charge in [-0.15, -0.1) is 0 Å². The molecule has 1 aliphatic heterocycles. The van der Waals surface area contributed by atoms with E-state index in [-0.39, 0.29) is 18.1 Å². The molecule has 0 fully saturated rings. The molecule has 3 rings (SSSR count). The number of hydrogen-bond donors (Lipinski definition) is 2. The average molecular weight is 325 g/mol. The summed E-state index contributed by atoms with van der Waals surface area (Å²) in [7, 11) is 0. The summed E-state index contributed by atoms with van der Waals surface area (Å²) in [5, 5.41) is 8.65. The highest BCUT2D eigenvalue weighted by Crippen LogP contribution is 2.31. The van der Waals surface area contributed by atoms with Crippen LogP contribution in [0.4, 0.5) is 24.8 Å². The second-order valence-corrected chi connectivity index (χ2v) is 4.86. The molecular formula is C13H10F3N5O2. The van der Waals surface area contributed by atoms with Crippen LogP contribution in [0.3, 0.4) is 0 Å². The molecule has 0 radical (unpaired) electrons. The predicted molar refractivity (Wildman–Crippen MR) is 72.4 cm³/mol. The SMILES string of the molecule is O=C1C[C@H](C(=O)Nc2cccc(C(F)(F)F)c2)n2ncnc2N1. The number of anilines is 2. The molecule has 1 aromatic carbocycles. The van der Waals surface area contributed by atoms with Crippen LogP contribution < -0.4 is 10.6 Å². The minimum Gasteiger partial charge on any atom is -0.324 e. The number of carbonyl (C=O) groups excluding carboxylic acids is 2. The second-order valence-electron chi connectivity index (χ2n) is 4.86. The van der Waals surface area contributed by atoms with Crippen LogP contribution in [0.2, 0.25) is 0 Å². The first-order valence-electron chi connectivity index (χ1n) is 6.52. The van der Waals surface area contributed by atoms with Crippen LogP contribution in [0, 0.1) is 0 Å². The number of nitrogens with one attached hydrogen (secondary N) is 2. The van der Waals surface area contributed by atoms with Crippen LogP contribution in [0.1, 0.15) is 18.0 Å². The highest BCUT2D eigenvalue weighted by molar-refractivity contribution is 6.00. The van der Waals surface area contributed by atoms with Crippen molar-refractivity contribution in [3.05, 3.63) is 36.2 Å². The Bertz CT molecular complexity index is 771. The van der Waals surface area contributed by atoms with Gasteiger partial charge in [0.1, 0.15) is 12.4 Å². The number of alkyl halides is 3. The maximum Gasteiger partial charge on any atom is 0.416 e. The van der Waals surface area contributed by atoms with Crippen molar-refractivity contribution in [2.24, 2.45) is 0 Å². The van der Waals surface area contributed by atoms with Gasteiger partial charge in [-0.1, -0.05) is 6.07 Å². The van der Waals surface area contributed by atoms with Gasteiger partial charge in [0.15, 0.2) is 0 Å². The van der Waals surface area contributed by atoms with Gasteiger partial charge < -0.3 is 5.32 Å². The summed E-state index contributed by atoms with van der Waals surface area (Å²) < 4.78 is 39.2. The summed E-state index contributed by atoms with van der Waals surface area (Å²) in [6, 6.07) is 3.27. The highest BCUT2D eigenvalue weighted by atomic mass is 19.4. The average Bonchev–Trinajstić information content (AvgIpc) is 2.93. The fraction of sp³-hybridized carbons (Fsp3) is 0.231. The largest absolute Gasteiger partial charge is 0.416 e. The number of rotatable bonds is 2. The van der Waals surface area contributed by atoms with Crippen LogP contribution in [-0.2, 0) is 15.8 Å². The third kappa shape index (κ3) is 3.00. The lowest BCUT2D eigenvalue weighted by molar-refractivity contribution is -0.137. The Kier molecular flexibility index (Phi) is 3.51. The summed E-state index contributed by atoms with van der Waals surface area (Å²) in [6.07, 6.45) is -3.52. The lowest BCUT2D eigenvalue weighted by Gasteiger charge is -2.22. The van der Waals surface area contributed by atoms with Crippen molar-refractivity contribution in [3.63, 3.8) is 0 Å². The summed E-state index contributed by atoms with van der Waals surface area (Å²) >= 11 is 0. The van der Waals surface area contributed by atoms with Crippen molar-refractivity contribution in [2.75, 3.05) is 10.6 Å². The maximum absolute atomic E-state index is 12.7. The first-order chi connectivity index (χ1) is 10.8. The molecule has 1 aromatic heterocycles. The van der Waals surface area contributed by atoms with Gasteiger partial charge >= 0.3 is 6.18 Å². The number of nitrogens with zero attached hydrogens (tertiary/aromatic N) is 3. The van der Waals surface area contributed by atoms with Crippen LogP contribution in [0.5, 0.6) is 0 Å². The number of amides is 2. The minimum absolute atomic E-state index is 0.0162. The number of halogens is 3. The molecular weight excluding hydrogens is 315 g/mol. The molecule has 2 N–H and O–H groups in total. The molecule has 1 atom stereocenters. The normalized spacial score (nSPS) is 17.3. The van der Waals surface area contributed by atoms with E-state index in [0.29, 0.717) is 0 Å². The Morgan fingerprint density at radius 3 is 2.91 bits per heavy atom. The van der Waals surface area contributed by atoms with Crippen molar-refractivity contribution in [1.29, 1.82) is 0 Å². The third-order valence-corrected chi connectivity index (χ3v) is 3.26. The molecule has 10 heteroatoms. The van der Waals surface area contributed by atoms with E-state index in [1.54, 1.807) is 0 Å². The molecule has 7 nitrogen and oxygen atoms in total. The van der Waals surface area contributed by atoms with Gasteiger partial charge in [-0.05, 0) is 18.2 Å². The number of benzene rings is 1. The van der Waals surface area contributed by atoms with Gasteiger partial charge in [0, 0.05) is 5.69 Å². The molecule has 0 spiro atoms. The topological polar surface area (TPSA) is 88.9 Å². The van der Waals surface area contributed by atoms with Gasteiger partial charge in [-0.3, -0.25) is 14.9 Å². The van der Waals surface area contributed by atoms with Gasteiger partial charge in [0.05, 0.1) is 12.0 Å². The van der Waals surface area contributed by atoms with Crippen molar-refractivity contribution >= 4 is 23.5 Å². The standard InChI is InChI=1S/C13H10F3N5O2/c14-13(15,16)7-2-1-3-8(4-7)19-11(23)9-5-10(22)20-12-17-6-18-21(9)12/h1-4,6,9H,5H2,(H,19,23)(H,17,18,20,22)/t9-/m1/s1. The van der Waals surface area contributed by atoms with E-state index in [0.717, 1.165) is 12.1 Å². The van der Waals surface area contributed by atoms with Crippen LogP contribution in [0.25, 0.3) is 0 Å². The molecule has 0 saturated carbocycles. The van der Waals surface area contributed by atoms with E-state index >= 15 is 0 Å². The van der Waals surface area contributed by atoms with E-state index in [1.807, 2.05) is 0 Å². The Labute approximate surface area is 127 Å². The first kappa shape index (κ1) is 15.0. The van der Waals surface area contributed by atoms with Gasteiger partial charge in [0.2, 0.25) is 17.8 Å². The number of carbonyl (C=O) groups is 2. The summed E-state index contributed by atoms with van der Waals surface area (Å²) in [5.74, 6) is -0.953. The monoisotopic (exact) mass is 325 g/mol. The lowest BCUT2D eigenvalue weighted by Crippen LogP contribution is -2.36. The number of fused-ring (bicyclic) bond motifs is 1. The Hall–Kier alpha value is -2.91. The van der Waals surface area contributed by atoms with Crippen LogP contribution in [-0.4, -0.2) is 26.6 Å². The minimum atomic E-state index is -4.51. The molecule has 0 saturated heterocycles. The zero-order chi connectivity index (χ0) is 16.6. The number of aromatic nitrogens is 3. The fourth-order valence-corrected chi connectivity index (χ4v) is 2.21. The van der Waals surface area contributed by atoms with E-state index in [4.69, 9.17) is 0 Å². The van der Waals surface area contributed by atoms with Crippen LogP contribution in [0.15, 0.2) is 30.6 Å². The van der Waals surface area contributed by atoms with Crippen molar-refractivity contribution in [1.82, 2.24) is 14.8 Å². The molecule has 0 bridgehead atoms. The molecule has 2 amide bonds. The Morgan fingerprint density at radius 1 is 1.39 bits per heavy atom. The molecule has 0 aliphatic carbocycles. The maximum atomic E-state index is 12.7. The molecule has 120 valence electrons. The molecule has 2 aromatic rings. The zero-order valence-corrected chi connectivity index (χ0v) is 11.5. The molecule has 2 heterocycles. The van der Waals surface area contributed by atoms with Gasteiger partial charge in [-0.25, -0.2) is 4.68 Å². The van der Waals surface area contributed by atoms with E-state index < -0.39 is 29.6 Å². The van der Waals surface area contributed by atoms with Crippen molar-refractivity contribution in [3.8, 4) is 0 Å². The summed E-state index contributed by atoms with van der Waals surface area (Å²) in [5.41, 5.74) is -0.893. The van der Waals surface area contributed by atoms with E-state index in [2.05, 4.69) is 20.7 Å². The fourth-order valence-electron chi connectivity index (χ4n) is 2.21. The molecule has 0 unspecified atom stereocenters. The van der Waals surface area contributed by atoms with Crippen LogP contribution >= 0.6 is 0 Å². The van der Waals surface area contributed by atoms with E-state index in [9.17, 15) is 22.8 Å². The Morgan fingerprint density at radius 2 is 2.17 bits per heavy atom. The van der Waals surface area contributed by atoms with Crippen molar-refractivity contribution in [2.45, 2.75) is 18.6 Å². The Balaban J connectivity index is 1.82. The van der Waals surface area contributed by atoms with Gasteiger partial charge in [0.25, 0.3) is 0 Å².